The van der Waals surface area contributed by atoms with Crippen LogP contribution in [0.2, 0.25) is 0 Å². The van der Waals surface area contributed by atoms with Crippen LogP contribution in [0, 0.1) is 5.92 Å². The van der Waals surface area contributed by atoms with Crippen LogP contribution < -0.4 is 15.4 Å². The van der Waals surface area contributed by atoms with Gasteiger partial charge in [0.05, 0.1) is 16.3 Å². The molecule has 34 heavy (non-hydrogen) atoms. The highest BCUT2D eigenvalue weighted by atomic mass is 32.1. The van der Waals surface area contributed by atoms with Gasteiger partial charge in [0.2, 0.25) is 0 Å². The lowest BCUT2D eigenvalue weighted by Gasteiger charge is -2.22. The first-order valence-electron chi connectivity index (χ1n) is 11.8. The fraction of sp³-hybridized carbons (Fsp3) is 0.440. The van der Waals surface area contributed by atoms with Gasteiger partial charge in [0.25, 0.3) is 5.91 Å². The Hall–Kier alpha value is -3.04. The summed E-state index contributed by atoms with van der Waals surface area (Å²) in [5.41, 5.74) is 1.18. The number of Topliss-reactive ketones (excluding diaryl/α,β-unsaturated/α-hetero) is 1. The van der Waals surface area contributed by atoms with Gasteiger partial charge in [-0.15, -0.1) is 0 Å². The van der Waals surface area contributed by atoms with E-state index in [9.17, 15) is 9.59 Å². The van der Waals surface area contributed by atoms with Crippen molar-refractivity contribution in [2.75, 3.05) is 25.1 Å². The number of anilines is 1. The van der Waals surface area contributed by atoms with E-state index in [1.807, 2.05) is 18.2 Å². The van der Waals surface area contributed by atoms with Gasteiger partial charge < -0.3 is 20.1 Å². The molecule has 2 aromatic heterocycles. The molecule has 1 aliphatic carbocycles. The Morgan fingerprint density at radius 3 is 2.82 bits per heavy atom. The predicted octanol–water partition coefficient (Wildman–Crippen LogP) is 4.56. The topological polar surface area (TPSA) is 102 Å². The molecule has 0 unspecified atom stereocenters. The number of nitrogens with zero attached hydrogens (tertiary/aromatic N) is 2. The molecule has 8 nitrogen and oxygen atoms in total. The number of carbonyl (C=O) groups is 2. The zero-order chi connectivity index (χ0) is 23.3. The molecule has 2 N–H and O–H groups in total. The van der Waals surface area contributed by atoms with E-state index in [1.54, 1.807) is 18.3 Å². The fourth-order valence-corrected chi connectivity index (χ4v) is 5.27. The van der Waals surface area contributed by atoms with Crippen LogP contribution in [0.4, 0.5) is 5.13 Å². The van der Waals surface area contributed by atoms with Crippen molar-refractivity contribution in [3.05, 3.63) is 42.2 Å². The van der Waals surface area contributed by atoms with E-state index in [0.717, 1.165) is 60.7 Å². The number of benzene rings is 1. The number of amides is 1. The predicted molar refractivity (Wildman–Crippen MR) is 131 cm³/mol. The summed E-state index contributed by atoms with van der Waals surface area (Å²) < 4.78 is 12.3. The quantitative estimate of drug-likeness (QED) is 0.511. The van der Waals surface area contributed by atoms with Crippen LogP contribution in [0.3, 0.4) is 0 Å². The zero-order valence-corrected chi connectivity index (χ0v) is 19.7. The summed E-state index contributed by atoms with van der Waals surface area (Å²) in [5.74, 6) is 1.69. The highest BCUT2D eigenvalue weighted by Gasteiger charge is 2.23. The lowest BCUT2D eigenvalue weighted by atomic mass is 9.94. The van der Waals surface area contributed by atoms with E-state index in [2.05, 4.69) is 20.6 Å². The fourth-order valence-electron chi connectivity index (χ4n) is 4.33. The number of rotatable bonds is 7. The number of hydrogen-bond donors (Lipinski definition) is 2. The van der Waals surface area contributed by atoms with Crippen molar-refractivity contribution in [3.63, 3.8) is 0 Å². The average molecular weight is 481 g/mol. The van der Waals surface area contributed by atoms with Crippen LogP contribution in [-0.4, -0.2) is 47.5 Å². The number of nitrogens with one attached hydrogen (secondary N) is 2. The van der Waals surface area contributed by atoms with E-state index in [4.69, 9.17) is 9.47 Å². The second-order valence-electron chi connectivity index (χ2n) is 8.80. The third-order valence-corrected chi connectivity index (χ3v) is 7.25. The van der Waals surface area contributed by atoms with E-state index in [1.165, 1.54) is 11.3 Å². The molecule has 178 valence electrons. The molecule has 2 fully saturated rings. The minimum absolute atomic E-state index is 0.141. The van der Waals surface area contributed by atoms with Crippen molar-refractivity contribution in [2.45, 2.75) is 44.6 Å². The molecule has 1 atom stereocenters. The van der Waals surface area contributed by atoms with Crippen LogP contribution >= 0.6 is 11.3 Å². The number of carbonyl (C=O) groups excluding carboxylic acids is 2. The molecule has 1 amide bonds. The van der Waals surface area contributed by atoms with Gasteiger partial charge in [-0.3, -0.25) is 14.6 Å². The maximum absolute atomic E-state index is 12.6. The Kier molecular flexibility index (Phi) is 7.01. The van der Waals surface area contributed by atoms with Crippen molar-refractivity contribution in [1.82, 2.24) is 15.3 Å². The van der Waals surface area contributed by atoms with Crippen LogP contribution in [0.5, 0.6) is 11.5 Å². The Labute approximate surface area is 202 Å². The van der Waals surface area contributed by atoms with Gasteiger partial charge in [-0.1, -0.05) is 17.8 Å². The first-order valence-corrected chi connectivity index (χ1v) is 12.7. The maximum atomic E-state index is 12.6. The molecule has 1 aliphatic heterocycles. The number of ether oxygens (including phenoxy) is 2. The smallest absolute Gasteiger partial charge is 0.270 e. The first-order chi connectivity index (χ1) is 16.6. The molecule has 0 radical (unpaired) electrons. The summed E-state index contributed by atoms with van der Waals surface area (Å²) in [6.45, 7) is 2.13. The van der Waals surface area contributed by atoms with Gasteiger partial charge in [-0.2, -0.15) is 0 Å². The van der Waals surface area contributed by atoms with Gasteiger partial charge in [0, 0.05) is 44.5 Å². The molecule has 3 aromatic rings. The number of pyridine rings is 1. The Balaban J connectivity index is 1.23. The largest absolute Gasteiger partial charge is 0.457 e. The Morgan fingerprint density at radius 1 is 1.12 bits per heavy atom. The minimum Gasteiger partial charge on any atom is -0.457 e. The molecule has 0 bridgehead atoms. The van der Waals surface area contributed by atoms with Crippen LogP contribution in [0.15, 0.2) is 36.5 Å². The number of aromatic nitrogens is 2. The van der Waals surface area contributed by atoms with Gasteiger partial charge in [0.1, 0.15) is 17.2 Å². The lowest BCUT2D eigenvalue weighted by molar-refractivity contribution is -0.121. The summed E-state index contributed by atoms with van der Waals surface area (Å²) in [5, 5.41) is 7.03. The first kappa shape index (κ1) is 22.7. The summed E-state index contributed by atoms with van der Waals surface area (Å²) in [6, 6.07) is 8.91. The molecule has 9 heteroatoms. The molecular formula is C25H28N4O4S. The summed E-state index contributed by atoms with van der Waals surface area (Å²) in [6.07, 6.45) is 7.04. The summed E-state index contributed by atoms with van der Waals surface area (Å²) >= 11 is 1.51. The SMILES string of the molecule is O=C(NCC1CCOCC1)c1cc(Oc2ccc3nc(N[C@@H]4CCCCC4=O)sc3c2)ccn1. The third kappa shape index (κ3) is 5.53. The molecule has 0 spiro atoms. The molecule has 5 rings (SSSR count). The second-order valence-corrected chi connectivity index (χ2v) is 9.83. The lowest BCUT2D eigenvalue weighted by Crippen LogP contribution is -2.32. The molecular weight excluding hydrogens is 452 g/mol. The Bertz CT molecular complexity index is 1170. The van der Waals surface area contributed by atoms with Gasteiger partial charge in [-0.25, -0.2) is 4.98 Å². The maximum Gasteiger partial charge on any atom is 0.270 e. The Morgan fingerprint density at radius 2 is 1.97 bits per heavy atom. The van der Waals surface area contributed by atoms with E-state index >= 15 is 0 Å². The molecule has 1 saturated heterocycles. The normalized spacial score (nSPS) is 19.2. The standard InChI is InChI=1S/C25H28N4O4S/c30-22-4-2-1-3-19(22)28-25-29-20-6-5-17(14-23(20)34-25)33-18-7-10-26-21(13-18)24(31)27-15-16-8-11-32-12-9-16/h5-7,10,13-14,16,19H,1-4,8-9,11-12,15H2,(H,27,31)(H,28,29)/t19-/m1/s1. The zero-order valence-electron chi connectivity index (χ0n) is 18.9. The minimum atomic E-state index is -0.206. The monoisotopic (exact) mass is 480 g/mol. The van der Waals surface area contributed by atoms with E-state index in [-0.39, 0.29) is 17.7 Å². The molecule has 2 aliphatic rings. The van der Waals surface area contributed by atoms with Gasteiger partial charge in [0.15, 0.2) is 10.9 Å². The molecule has 3 heterocycles. The van der Waals surface area contributed by atoms with Crippen molar-refractivity contribution in [1.29, 1.82) is 0 Å². The number of thiazole rings is 1. The molecule has 1 aromatic carbocycles. The molecule has 1 saturated carbocycles. The van der Waals surface area contributed by atoms with Crippen LogP contribution in [-0.2, 0) is 9.53 Å². The average Bonchev–Trinajstić information content (AvgIpc) is 3.26. The van der Waals surface area contributed by atoms with Crippen LogP contribution in [0.25, 0.3) is 10.2 Å². The van der Waals surface area contributed by atoms with Gasteiger partial charge >= 0.3 is 0 Å². The third-order valence-electron chi connectivity index (χ3n) is 6.30. The van der Waals surface area contributed by atoms with E-state index in [0.29, 0.717) is 36.1 Å². The number of ketones is 1. The van der Waals surface area contributed by atoms with Crippen molar-refractivity contribution >= 4 is 38.4 Å². The van der Waals surface area contributed by atoms with Crippen molar-refractivity contribution in [2.24, 2.45) is 5.92 Å². The number of hydrogen-bond acceptors (Lipinski definition) is 8. The number of fused-ring (bicyclic) bond motifs is 1. The highest BCUT2D eigenvalue weighted by molar-refractivity contribution is 7.22. The summed E-state index contributed by atoms with van der Waals surface area (Å²) in [4.78, 5) is 33.5. The van der Waals surface area contributed by atoms with Gasteiger partial charge in [-0.05, 0) is 49.8 Å². The summed E-state index contributed by atoms with van der Waals surface area (Å²) in [7, 11) is 0. The van der Waals surface area contributed by atoms with Crippen molar-refractivity contribution < 1.29 is 19.1 Å². The van der Waals surface area contributed by atoms with Crippen LogP contribution in [0.1, 0.15) is 49.0 Å². The van der Waals surface area contributed by atoms with Crippen molar-refractivity contribution in [3.8, 4) is 11.5 Å². The second kappa shape index (κ2) is 10.5. The highest BCUT2D eigenvalue weighted by Crippen LogP contribution is 2.32. The van der Waals surface area contributed by atoms with E-state index < -0.39 is 0 Å².